The minimum atomic E-state index is -4.57. The maximum absolute atomic E-state index is 13.6. The van der Waals surface area contributed by atoms with Crippen LogP contribution < -0.4 is 5.56 Å². The number of rotatable bonds is 6. The summed E-state index contributed by atoms with van der Waals surface area (Å²) in [6, 6.07) is 18.0. The smallest absolute Gasteiger partial charge is 0.416 e. The molecule has 0 bridgehead atoms. The highest BCUT2D eigenvalue weighted by Crippen LogP contribution is 2.32. The minimum Gasteiger partial charge on any atom is -0.464 e. The van der Waals surface area contributed by atoms with Gasteiger partial charge in [0, 0.05) is 27.7 Å². The number of fused-ring (bicyclic) bond motifs is 2. The van der Waals surface area contributed by atoms with E-state index in [9.17, 15) is 22.8 Å². The number of carbonyl (C=O) groups excluding carboxylic acids is 1. The SMILES string of the molecule is CCOC(=O)[C@@H](C)n1c(C)c(C=Nn2c(-c3cccc(C(F)(F)F)c3)nc3ccccc3c2=O)c2ccccc21. The first-order chi connectivity index (χ1) is 19.1. The van der Waals surface area contributed by atoms with Crippen molar-refractivity contribution in [2.24, 2.45) is 5.10 Å². The number of ether oxygens (including phenoxy) is 1. The van der Waals surface area contributed by atoms with E-state index in [1.807, 2.05) is 35.8 Å². The first-order valence-electron chi connectivity index (χ1n) is 12.6. The Balaban J connectivity index is 1.72. The quantitative estimate of drug-likeness (QED) is 0.184. The standard InChI is InChI=1S/C30H25F3N4O3/c1-4-40-29(39)19(3)36-18(2)24(22-12-6-8-15-26(22)36)17-34-37-27(20-10-9-11-21(16-20)30(31,32)33)35-25-14-7-5-13-23(25)28(37)38/h5-17,19H,4H2,1-3H3/t19-/m1/s1. The molecule has 5 aromatic rings. The first-order valence-corrected chi connectivity index (χ1v) is 12.6. The largest absolute Gasteiger partial charge is 0.464 e. The average molecular weight is 547 g/mol. The summed E-state index contributed by atoms with van der Waals surface area (Å²) in [6.45, 7) is 5.54. The third kappa shape index (κ3) is 4.76. The molecule has 7 nitrogen and oxygen atoms in total. The second kappa shape index (κ2) is 10.4. The van der Waals surface area contributed by atoms with Crippen molar-refractivity contribution < 1.29 is 22.7 Å². The molecular weight excluding hydrogens is 521 g/mol. The summed E-state index contributed by atoms with van der Waals surface area (Å²) >= 11 is 0. The third-order valence-electron chi connectivity index (χ3n) is 6.72. The molecule has 1 atom stereocenters. The minimum absolute atomic E-state index is 0.0349. The van der Waals surface area contributed by atoms with Gasteiger partial charge in [-0.25, -0.2) is 9.78 Å². The Morgan fingerprint density at radius 2 is 1.75 bits per heavy atom. The van der Waals surface area contributed by atoms with Crippen molar-refractivity contribution in [1.29, 1.82) is 0 Å². The van der Waals surface area contributed by atoms with Crippen LogP contribution in [0.3, 0.4) is 0 Å². The molecule has 0 N–H and O–H groups in total. The van der Waals surface area contributed by atoms with Gasteiger partial charge in [-0.2, -0.15) is 22.9 Å². The molecule has 204 valence electrons. The molecule has 0 saturated carbocycles. The van der Waals surface area contributed by atoms with Crippen LogP contribution >= 0.6 is 0 Å². The molecule has 40 heavy (non-hydrogen) atoms. The Labute approximate surface area is 227 Å². The molecule has 0 saturated heterocycles. The zero-order chi connectivity index (χ0) is 28.6. The molecule has 0 unspecified atom stereocenters. The molecule has 0 spiro atoms. The van der Waals surface area contributed by atoms with E-state index in [0.29, 0.717) is 16.8 Å². The number of hydrogen-bond donors (Lipinski definition) is 0. The number of halogens is 3. The van der Waals surface area contributed by atoms with E-state index >= 15 is 0 Å². The number of alkyl halides is 3. The van der Waals surface area contributed by atoms with Crippen LogP contribution in [0.2, 0.25) is 0 Å². The number of benzene rings is 3. The van der Waals surface area contributed by atoms with E-state index in [4.69, 9.17) is 4.74 Å². The predicted octanol–water partition coefficient (Wildman–Crippen LogP) is 6.35. The molecule has 0 fully saturated rings. The van der Waals surface area contributed by atoms with Gasteiger partial charge in [-0.3, -0.25) is 4.79 Å². The highest BCUT2D eigenvalue weighted by molar-refractivity contribution is 6.02. The summed E-state index contributed by atoms with van der Waals surface area (Å²) in [5, 5.41) is 5.51. The van der Waals surface area contributed by atoms with Gasteiger partial charge in [0.15, 0.2) is 5.82 Å². The maximum Gasteiger partial charge on any atom is 0.416 e. The van der Waals surface area contributed by atoms with Gasteiger partial charge in [0.05, 0.1) is 29.3 Å². The number of nitrogens with zero attached hydrogens (tertiary/aromatic N) is 4. The summed E-state index contributed by atoms with van der Waals surface area (Å²) in [5.74, 6) is -0.427. The van der Waals surface area contributed by atoms with Crippen LogP contribution in [0.25, 0.3) is 33.2 Å². The van der Waals surface area contributed by atoms with Crippen LogP contribution in [0, 0.1) is 6.92 Å². The number of para-hydroxylation sites is 2. The van der Waals surface area contributed by atoms with Crippen molar-refractivity contribution in [2.75, 3.05) is 6.61 Å². The van der Waals surface area contributed by atoms with Gasteiger partial charge in [0.25, 0.3) is 5.56 Å². The summed E-state index contributed by atoms with van der Waals surface area (Å²) in [4.78, 5) is 30.7. The fourth-order valence-corrected chi connectivity index (χ4v) is 4.81. The van der Waals surface area contributed by atoms with Crippen molar-refractivity contribution in [1.82, 2.24) is 14.2 Å². The summed E-state index contributed by atoms with van der Waals surface area (Å²) in [5.41, 5.74) is 1.14. The molecule has 0 aliphatic carbocycles. The van der Waals surface area contributed by atoms with Crippen molar-refractivity contribution in [3.05, 3.63) is 100.0 Å². The lowest BCUT2D eigenvalue weighted by molar-refractivity contribution is -0.146. The highest BCUT2D eigenvalue weighted by Gasteiger charge is 2.31. The predicted molar refractivity (Wildman–Crippen MR) is 147 cm³/mol. The lowest BCUT2D eigenvalue weighted by Crippen LogP contribution is -2.21. The molecule has 5 rings (SSSR count). The van der Waals surface area contributed by atoms with E-state index in [1.54, 1.807) is 38.1 Å². The van der Waals surface area contributed by atoms with Crippen LogP contribution in [0.15, 0.2) is 82.7 Å². The molecule has 0 aliphatic rings. The second-order valence-corrected chi connectivity index (χ2v) is 9.21. The van der Waals surface area contributed by atoms with Crippen molar-refractivity contribution in [2.45, 2.75) is 33.0 Å². The molecule has 2 heterocycles. The van der Waals surface area contributed by atoms with Gasteiger partial charge in [0.1, 0.15) is 6.04 Å². The molecule has 10 heteroatoms. The third-order valence-corrected chi connectivity index (χ3v) is 6.72. The number of esters is 1. The van der Waals surface area contributed by atoms with Crippen molar-refractivity contribution in [3.63, 3.8) is 0 Å². The van der Waals surface area contributed by atoms with Crippen LogP contribution in [0.1, 0.15) is 36.7 Å². The Hall–Kier alpha value is -4.73. The van der Waals surface area contributed by atoms with E-state index in [2.05, 4.69) is 10.1 Å². The van der Waals surface area contributed by atoms with Crippen molar-refractivity contribution >= 4 is 34.0 Å². The number of aromatic nitrogens is 3. The average Bonchev–Trinajstić information content (AvgIpc) is 3.22. The first kappa shape index (κ1) is 26.9. The van der Waals surface area contributed by atoms with E-state index < -0.39 is 29.3 Å². The Morgan fingerprint density at radius 1 is 1.05 bits per heavy atom. The fraction of sp³-hybridized carbons (Fsp3) is 0.200. The monoisotopic (exact) mass is 546 g/mol. The zero-order valence-electron chi connectivity index (χ0n) is 21.9. The van der Waals surface area contributed by atoms with Crippen molar-refractivity contribution in [3.8, 4) is 11.4 Å². The lowest BCUT2D eigenvalue weighted by Gasteiger charge is -2.16. The maximum atomic E-state index is 13.6. The number of carbonyl (C=O) groups is 1. The molecule has 0 aliphatic heterocycles. The van der Waals surface area contributed by atoms with Crippen LogP contribution in [-0.4, -0.2) is 33.0 Å². The lowest BCUT2D eigenvalue weighted by atomic mass is 10.1. The second-order valence-electron chi connectivity index (χ2n) is 9.21. The van der Waals surface area contributed by atoms with Gasteiger partial charge in [-0.15, -0.1) is 0 Å². The van der Waals surface area contributed by atoms with Gasteiger partial charge in [0.2, 0.25) is 0 Å². The van der Waals surface area contributed by atoms with E-state index in [1.165, 1.54) is 18.3 Å². The van der Waals surface area contributed by atoms with Gasteiger partial charge in [-0.05, 0) is 51.1 Å². The topological polar surface area (TPSA) is 78.5 Å². The van der Waals surface area contributed by atoms with Gasteiger partial charge in [-0.1, -0.05) is 42.5 Å². The van der Waals surface area contributed by atoms with Crippen LogP contribution in [0.5, 0.6) is 0 Å². The Kier molecular flexibility index (Phi) is 7.01. The molecular formula is C30H25F3N4O3. The number of hydrogen-bond acceptors (Lipinski definition) is 5. The Morgan fingerprint density at radius 3 is 2.48 bits per heavy atom. The molecule has 0 radical (unpaired) electrons. The molecule has 0 amide bonds. The fourth-order valence-electron chi connectivity index (χ4n) is 4.81. The Bertz CT molecular complexity index is 1840. The highest BCUT2D eigenvalue weighted by atomic mass is 19.4. The van der Waals surface area contributed by atoms with Gasteiger partial charge >= 0.3 is 12.1 Å². The van der Waals surface area contributed by atoms with Gasteiger partial charge < -0.3 is 9.30 Å². The summed E-state index contributed by atoms with van der Waals surface area (Å²) < 4.78 is 48.6. The summed E-state index contributed by atoms with van der Waals surface area (Å²) in [6.07, 6.45) is -3.10. The van der Waals surface area contributed by atoms with E-state index in [0.717, 1.165) is 27.7 Å². The van der Waals surface area contributed by atoms with E-state index in [-0.39, 0.29) is 23.4 Å². The molecule has 3 aromatic carbocycles. The summed E-state index contributed by atoms with van der Waals surface area (Å²) in [7, 11) is 0. The van der Waals surface area contributed by atoms with Crippen LogP contribution in [0.4, 0.5) is 13.2 Å². The zero-order valence-corrected chi connectivity index (χ0v) is 21.9. The molecule has 2 aromatic heterocycles. The normalized spacial score (nSPS) is 12.8. The van der Waals surface area contributed by atoms with Crippen LogP contribution in [-0.2, 0) is 15.7 Å².